The number of aromatic nitrogens is 2. The van der Waals surface area contributed by atoms with Crippen molar-refractivity contribution in [3.63, 3.8) is 0 Å². The van der Waals surface area contributed by atoms with E-state index in [2.05, 4.69) is 514 Å². The van der Waals surface area contributed by atoms with Crippen LogP contribution >= 0.6 is 121 Å². The summed E-state index contributed by atoms with van der Waals surface area (Å²) >= 11 is 24.1. The smallest absolute Gasteiger partial charge is 1.00 e. The molecule has 141 heavy (non-hydrogen) atoms. The van der Waals surface area contributed by atoms with Crippen LogP contribution in [0.2, 0.25) is 0 Å². The minimum absolute atomic E-state index is 0. The zero-order valence-corrected chi connectivity index (χ0v) is 96.5. The van der Waals surface area contributed by atoms with E-state index >= 15 is 0 Å². The number of pyridine rings is 2. The van der Waals surface area contributed by atoms with Gasteiger partial charge in [0.25, 0.3) is 0 Å². The van der Waals surface area contributed by atoms with E-state index in [4.69, 9.17) is 70.9 Å². The Morgan fingerprint density at radius 3 is 0.348 bits per heavy atom. The first-order valence-electron chi connectivity index (χ1n) is 43.1. The molecule has 18 aromatic rings. The molecule has 722 valence electrons. The first-order valence-corrected chi connectivity index (χ1v) is 59.0. The van der Waals surface area contributed by atoms with Gasteiger partial charge in [-0.3, -0.25) is 21.8 Å². The van der Waals surface area contributed by atoms with E-state index in [0.29, 0.717) is 5.34 Å². The molecule has 0 bridgehead atoms. The molecule has 23 heteroatoms. The predicted octanol–water partition coefficient (Wildman–Crippen LogP) is 14.8. The molecule has 16 aromatic carbocycles. The molecular weight excluding hydrogens is 2360 g/mol. The molecule has 2 heterocycles. The summed E-state index contributed by atoms with van der Waals surface area (Å²) < 4.78 is 0. The van der Waals surface area contributed by atoms with Gasteiger partial charge in [0.1, 0.15) is 0 Å². The predicted molar refractivity (Wildman–Crippen MR) is 602 cm³/mol. The first-order chi connectivity index (χ1) is 66.3. The van der Waals surface area contributed by atoms with Gasteiger partial charge in [-0.25, -0.2) is 0 Å². The Morgan fingerprint density at radius 1 is 0.199 bits per heavy atom. The summed E-state index contributed by atoms with van der Waals surface area (Å²) in [5.41, 5.74) is 1.53. The van der Waals surface area contributed by atoms with Gasteiger partial charge in [0.2, 0.25) is 5.34 Å². The van der Waals surface area contributed by atoms with Gasteiger partial charge in [-0.1, -0.05) is 497 Å². The van der Waals surface area contributed by atoms with Gasteiger partial charge in [0.05, 0.1) is 10.7 Å². The molecule has 0 saturated carbocycles. The van der Waals surface area contributed by atoms with Crippen LogP contribution < -0.4 is 135 Å². The third kappa shape index (κ3) is 46.4. The molecule has 2 aromatic heterocycles. The minimum atomic E-state index is -0.409. The van der Waals surface area contributed by atoms with Crippen LogP contribution in [0.15, 0.2) is 534 Å². The number of alkyl halides is 6. The van der Waals surface area contributed by atoms with Crippen molar-refractivity contribution in [2.75, 3.05) is 39.6 Å². The fourth-order valence-electron chi connectivity index (χ4n) is 13.7. The van der Waals surface area contributed by atoms with Crippen molar-refractivity contribution in [1.82, 2.24) is 9.97 Å². The van der Waals surface area contributed by atoms with Gasteiger partial charge < -0.3 is 62.5 Å². The van der Waals surface area contributed by atoms with Gasteiger partial charge in [0.15, 0.2) is 0 Å². The summed E-state index contributed by atoms with van der Waals surface area (Å²) in [4.78, 5) is 7.54. The topological polar surface area (TPSA) is 25.8 Å². The Labute approximate surface area is 941 Å². The minimum Gasteiger partial charge on any atom is -1.00 e. The summed E-state index contributed by atoms with van der Waals surface area (Å²) in [5, 5.41) is 24.2. The molecule has 0 fully saturated rings. The van der Waals surface area contributed by atoms with Crippen LogP contribution in [0.1, 0.15) is 11.1 Å². The van der Waals surface area contributed by atoms with Gasteiger partial charge in [0, 0.05) is 48.4 Å². The molecular formula is C118H104Cl10N2P8PdRu2. The van der Waals surface area contributed by atoms with E-state index in [-0.39, 0.29) is 120 Å². The molecule has 2 nitrogen and oxygen atoms in total. The number of hydrogen-bond donors (Lipinski definition) is 0. The van der Waals surface area contributed by atoms with Crippen LogP contribution in [0.25, 0.3) is 0 Å². The van der Waals surface area contributed by atoms with E-state index in [1.807, 2.05) is 0 Å². The van der Waals surface area contributed by atoms with Crippen LogP contribution in [-0.4, -0.2) is 49.6 Å². The quantitative estimate of drug-likeness (QED) is 0.0187. The number of benzene rings is 16. The van der Waals surface area contributed by atoms with Crippen LogP contribution in [0.5, 0.6) is 0 Å². The van der Waals surface area contributed by atoms with Crippen LogP contribution in [0.4, 0.5) is 0 Å². The fourth-order valence-corrected chi connectivity index (χ4v) is 39.5. The molecule has 0 radical (unpaired) electrons. The molecule has 0 amide bonds. The third-order valence-electron chi connectivity index (χ3n) is 19.9. The zero-order chi connectivity index (χ0) is 93.7. The third-order valence-corrected chi connectivity index (χ3v) is 44.3. The largest absolute Gasteiger partial charge is 2.00 e. The maximum Gasteiger partial charge on any atom is 2.00 e. The SMILES string of the molecule is ClCCl.ClCCl.[C-]#Cc1ccncc1.[C-]#Cc1ccncc1.[CH2-][Cl+]CCl.[Cl-].[Cl-].[Cl-].[Cl-].[Pd+2].[Ru+2].[Ru+2].c1ccc(P(CP(c2ccccc2)c2ccccc2)c2ccccc2)cc1.c1ccc(P(CP(c2ccccc2)c2ccccc2)c2ccccc2)cc1.c1ccc(P(CP(c2ccccc2)c2ccccc2)c2ccccc2)cc1.c1ccc(P(CP(c2ccccc2)c2ccccc2)c2ccccc2)cc1. The van der Waals surface area contributed by atoms with Crippen molar-refractivity contribution in [2.45, 2.75) is 0 Å². The summed E-state index contributed by atoms with van der Waals surface area (Å²) in [7, 11) is -1.54. The first kappa shape index (κ1) is 128. The second kappa shape index (κ2) is 79.4. The second-order valence-electron chi connectivity index (χ2n) is 28.6. The van der Waals surface area contributed by atoms with Gasteiger partial charge in [-0.2, -0.15) is 0 Å². The van der Waals surface area contributed by atoms with E-state index in [1.54, 1.807) is 59.8 Å². The van der Waals surface area contributed by atoms with Crippen molar-refractivity contribution in [3.8, 4) is 11.8 Å². The Bertz CT molecular complexity index is 4790. The van der Waals surface area contributed by atoms with Crippen LogP contribution in [0, 0.1) is 41.9 Å². The average Bonchev–Trinajstić information content (AvgIpc) is 0.826. The van der Waals surface area contributed by atoms with Crippen LogP contribution in [-0.2, 0) is 59.4 Å². The van der Waals surface area contributed by atoms with E-state index in [9.17, 15) is 0 Å². The number of rotatable bonds is 25. The van der Waals surface area contributed by atoms with Crippen molar-refractivity contribution in [3.05, 3.63) is 565 Å². The summed E-state index contributed by atoms with van der Waals surface area (Å²) in [5.74, 6) is 9.17. The Hall–Kier alpha value is -6.81. The van der Waals surface area contributed by atoms with Crippen molar-refractivity contribution >= 4 is 206 Å². The number of halogens is 10. The maximum atomic E-state index is 6.67. The second-order valence-corrected chi connectivity index (χ2v) is 51.0. The number of nitrogens with zero attached hydrogens (tertiary/aromatic N) is 2. The van der Waals surface area contributed by atoms with E-state index < -0.39 is 63.4 Å². The molecule has 0 saturated heterocycles. The van der Waals surface area contributed by atoms with Crippen molar-refractivity contribution < 1.29 is 120 Å². The Kier molecular flexibility index (Phi) is 72.3. The molecule has 0 unspecified atom stereocenters. The summed E-state index contributed by atoms with van der Waals surface area (Å²) in [6, 6.07) is 183. The number of hydrogen-bond acceptors (Lipinski definition) is 2. The molecule has 0 aliphatic carbocycles. The van der Waals surface area contributed by atoms with E-state index in [1.165, 1.54) is 108 Å². The van der Waals surface area contributed by atoms with E-state index in [0.717, 1.165) is 11.1 Å². The molecule has 0 spiro atoms. The summed E-state index contributed by atoms with van der Waals surface area (Å²) in [6.45, 7) is 0. The van der Waals surface area contributed by atoms with Crippen molar-refractivity contribution in [2.24, 2.45) is 0 Å². The van der Waals surface area contributed by atoms with Gasteiger partial charge >= 0.3 is 59.4 Å². The maximum absolute atomic E-state index is 6.67. The standard InChI is InChI=1S/4C25H22P2.2C7H4N.C2H4Cl2.2CH2Cl2.4ClH.Pd.2Ru/c4*1-5-13-22(14-6-1)26(23-15-7-2-8-16-23)21-27(24-17-9-3-10-18-24)25-19-11-4-12-20-25;2*1-2-7-3-5-8-6-4-7;1-4-2-3;2*2-1-3;;;;;;;/h4*1-20H,21H2;2*3-6H;1-2H2;2*1H2;4*1H;;;/q;;;;2*-1;;;;;;;;3*+2/p-4. The van der Waals surface area contributed by atoms with Gasteiger partial charge in [-0.05, 0) is 165 Å². The summed E-state index contributed by atoms with van der Waals surface area (Å²) in [6.07, 6.45) is 23.2. The molecule has 0 N–H and O–H groups in total. The molecule has 18 rings (SSSR count). The van der Waals surface area contributed by atoms with Crippen LogP contribution in [0.3, 0.4) is 0 Å². The fraction of sp³-hybridized carbons (Fsp3) is 0.0593. The molecule has 0 aliphatic rings. The molecule has 0 atom stereocenters. The average molecular weight is 2460 g/mol. The normalized spacial score (nSPS) is 9.82. The Balaban J connectivity index is 0.000000438. The molecule has 0 aliphatic heterocycles. The Morgan fingerprint density at radius 2 is 0.284 bits per heavy atom. The zero-order valence-electron chi connectivity index (χ0n) is 76.7. The monoisotopic (exact) mass is 2460 g/mol. The van der Waals surface area contributed by atoms with Crippen molar-refractivity contribution in [1.29, 1.82) is 0 Å². The van der Waals surface area contributed by atoms with Gasteiger partial charge in [-0.15, -0.1) is 81.8 Å².